The van der Waals surface area contributed by atoms with Gasteiger partial charge in [-0.15, -0.1) is 0 Å². The van der Waals surface area contributed by atoms with E-state index in [-0.39, 0.29) is 27.2 Å². The molecule has 0 spiro atoms. The maximum Gasteiger partial charge on any atom is 0.254 e. The summed E-state index contributed by atoms with van der Waals surface area (Å²) in [5.74, 6) is -0.456. The molecule has 0 bridgehead atoms. The lowest BCUT2D eigenvalue weighted by atomic mass is 10.1. The van der Waals surface area contributed by atoms with Gasteiger partial charge in [-0.25, -0.2) is 13.4 Å². The molecule has 0 radical (unpaired) electrons. The first-order valence-electron chi connectivity index (χ1n) is 8.46. The average Bonchev–Trinajstić information content (AvgIpc) is 3.11. The first-order valence-corrected chi connectivity index (χ1v) is 10.7. The lowest BCUT2D eigenvalue weighted by molar-refractivity contribution is -0.114. The van der Waals surface area contributed by atoms with Crippen molar-refractivity contribution in [2.45, 2.75) is 30.0 Å². The summed E-state index contributed by atoms with van der Waals surface area (Å²) in [6.07, 6.45) is 2.33. The Morgan fingerprint density at radius 1 is 1.19 bits per heavy atom. The van der Waals surface area contributed by atoms with Crippen molar-refractivity contribution in [3.8, 4) is 0 Å². The highest BCUT2D eigenvalue weighted by Crippen LogP contribution is 2.27. The van der Waals surface area contributed by atoms with E-state index in [9.17, 15) is 18.0 Å². The fourth-order valence-corrected chi connectivity index (χ4v) is 5.52. The molecule has 0 saturated carbocycles. The summed E-state index contributed by atoms with van der Waals surface area (Å²) in [6.45, 7) is 1.97. The number of nitrogens with zero attached hydrogens (tertiary/aromatic N) is 2. The molecule has 0 atom stereocenters. The Kier molecular flexibility index (Phi) is 5.88. The third kappa shape index (κ3) is 4.71. The van der Waals surface area contributed by atoms with Crippen LogP contribution >= 0.6 is 11.3 Å². The van der Waals surface area contributed by atoms with Crippen LogP contribution < -0.4 is 10.6 Å². The molecule has 2 aromatic rings. The second-order valence-electron chi connectivity index (χ2n) is 6.18. The molecule has 1 aliphatic rings. The quantitative estimate of drug-likeness (QED) is 0.783. The van der Waals surface area contributed by atoms with Crippen LogP contribution in [0.4, 0.5) is 5.13 Å². The van der Waals surface area contributed by atoms with E-state index in [1.54, 1.807) is 24.3 Å². The molecule has 3 rings (SSSR count). The molecular formula is C17H20N4O4S2. The lowest BCUT2D eigenvalue weighted by Gasteiger charge is -2.31. The zero-order valence-electron chi connectivity index (χ0n) is 14.7. The number of nitrogens with one attached hydrogen (secondary N) is 2. The number of rotatable bonds is 5. The van der Waals surface area contributed by atoms with E-state index in [0.717, 1.165) is 11.3 Å². The van der Waals surface area contributed by atoms with Gasteiger partial charge in [0.1, 0.15) is 0 Å². The highest BCUT2D eigenvalue weighted by molar-refractivity contribution is 7.91. The second-order valence-corrected chi connectivity index (χ2v) is 9.38. The van der Waals surface area contributed by atoms with E-state index in [1.807, 2.05) is 6.07 Å². The zero-order valence-corrected chi connectivity index (χ0v) is 16.3. The van der Waals surface area contributed by atoms with Crippen molar-refractivity contribution in [1.29, 1.82) is 0 Å². The SMILES string of the molecule is CC(=O)Nc1ncc(S(=O)(=O)N2CCC(NC(=O)c3ccccc3)CC2)s1. The average molecular weight is 409 g/mol. The van der Waals surface area contributed by atoms with Crippen LogP contribution in [-0.4, -0.2) is 48.7 Å². The van der Waals surface area contributed by atoms with Crippen molar-refractivity contribution in [2.24, 2.45) is 0 Å². The van der Waals surface area contributed by atoms with Gasteiger partial charge in [0.25, 0.3) is 15.9 Å². The summed E-state index contributed by atoms with van der Waals surface area (Å²) in [5, 5.41) is 5.69. The first-order chi connectivity index (χ1) is 12.9. The number of carbonyl (C=O) groups excluding carboxylic acids is 2. The number of aromatic nitrogens is 1. The van der Waals surface area contributed by atoms with Gasteiger partial charge in [0.2, 0.25) is 5.91 Å². The molecule has 1 aromatic heterocycles. The van der Waals surface area contributed by atoms with Crippen LogP contribution in [0.15, 0.2) is 40.7 Å². The highest BCUT2D eigenvalue weighted by atomic mass is 32.2. The topological polar surface area (TPSA) is 108 Å². The van der Waals surface area contributed by atoms with Gasteiger partial charge in [-0.2, -0.15) is 4.31 Å². The molecule has 144 valence electrons. The number of hydrogen-bond donors (Lipinski definition) is 2. The van der Waals surface area contributed by atoms with E-state index in [4.69, 9.17) is 0 Å². The second kappa shape index (κ2) is 8.15. The predicted molar refractivity (Wildman–Crippen MR) is 102 cm³/mol. The molecule has 10 heteroatoms. The number of amides is 2. The first kappa shape index (κ1) is 19.5. The van der Waals surface area contributed by atoms with Gasteiger partial charge in [-0.05, 0) is 25.0 Å². The summed E-state index contributed by atoms with van der Waals surface area (Å²) in [6, 6.07) is 8.86. The van der Waals surface area contributed by atoms with Crippen LogP contribution in [0.3, 0.4) is 0 Å². The van der Waals surface area contributed by atoms with Crippen molar-refractivity contribution >= 4 is 38.3 Å². The van der Waals surface area contributed by atoms with Gasteiger partial charge in [-0.3, -0.25) is 9.59 Å². The maximum atomic E-state index is 12.7. The molecular weight excluding hydrogens is 388 g/mol. The third-order valence-electron chi connectivity index (χ3n) is 4.19. The smallest absolute Gasteiger partial charge is 0.254 e. The number of thiazole rings is 1. The Labute approximate surface area is 161 Å². The molecule has 2 heterocycles. The van der Waals surface area contributed by atoms with Crippen LogP contribution in [0, 0.1) is 0 Å². The monoisotopic (exact) mass is 408 g/mol. The normalized spacial score (nSPS) is 16.0. The van der Waals surface area contributed by atoms with Crippen molar-refractivity contribution in [2.75, 3.05) is 18.4 Å². The maximum absolute atomic E-state index is 12.7. The van der Waals surface area contributed by atoms with Crippen LogP contribution in [-0.2, 0) is 14.8 Å². The minimum Gasteiger partial charge on any atom is -0.349 e. The molecule has 1 aliphatic heterocycles. The molecule has 2 N–H and O–H groups in total. The minimum absolute atomic E-state index is 0.0689. The molecule has 1 fully saturated rings. The molecule has 2 amide bonds. The predicted octanol–water partition coefficient (Wildman–Crippen LogP) is 1.68. The summed E-state index contributed by atoms with van der Waals surface area (Å²) in [5.41, 5.74) is 0.586. The van der Waals surface area contributed by atoms with E-state index in [0.29, 0.717) is 31.5 Å². The molecule has 1 saturated heterocycles. The number of carbonyl (C=O) groups is 2. The molecule has 0 aliphatic carbocycles. The third-order valence-corrected chi connectivity index (χ3v) is 7.43. The fourth-order valence-electron chi connectivity index (χ4n) is 2.81. The molecule has 27 heavy (non-hydrogen) atoms. The lowest BCUT2D eigenvalue weighted by Crippen LogP contribution is -2.46. The Morgan fingerprint density at radius 3 is 2.48 bits per heavy atom. The van der Waals surface area contributed by atoms with Crippen LogP contribution in [0.5, 0.6) is 0 Å². The fraction of sp³-hybridized carbons (Fsp3) is 0.353. The number of benzene rings is 1. The number of hydrogen-bond acceptors (Lipinski definition) is 6. The van der Waals surface area contributed by atoms with Crippen molar-refractivity contribution in [3.63, 3.8) is 0 Å². The summed E-state index contributed by atoms with van der Waals surface area (Å²) in [7, 11) is -3.66. The number of sulfonamides is 1. The highest BCUT2D eigenvalue weighted by Gasteiger charge is 2.31. The number of anilines is 1. The Balaban J connectivity index is 1.58. The van der Waals surface area contributed by atoms with Gasteiger partial charge >= 0.3 is 0 Å². The molecule has 0 unspecified atom stereocenters. The Hall–Kier alpha value is -2.30. The van der Waals surface area contributed by atoms with E-state index >= 15 is 0 Å². The summed E-state index contributed by atoms with van der Waals surface area (Å²) in [4.78, 5) is 27.2. The van der Waals surface area contributed by atoms with Crippen LogP contribution in [0.1, 0.15) is 30.1 Å². The minimum atomic E-state index is -3.66. The van der Waals surface area contributed by atoms with Crippen LogP contribution in [0.2, 0.25) is 0 Å². The standard InChI is InChI=1S/C17H20N4O4S2/c1-12(22)19-17-18-11-15(26-17)27(24,25)21-9-7-14(8-10-21)20-16(23)13-5-3-2-4-6-13/h2-6,11,14H,7-10H2,1H3,(H,20,23)(H,18,19,22). The summed E-state index contributed by atoms with van der Waals surface area (Å²) >= 11 is 0.928. The van der Waals surface area contributed by atoms with Gasteiger partial charge in [0.05, 0.1) is 6.20 Å². The van der Waals surface area contributed by atoms with E-state index in [2.05, 4.69) is 15.6 Å². The van der Waals surface area contributed by atoms with E-state index < -0.39 is 10.0 Å². The van der Waals surface area contributed by atoms with Crippen molar-refractivity contribution in [1.82, 2.24) is 14.6 Å². The molecule has 8 nitrogen and oxygen atoms in total. The Morgan fingerprint density at radius 2 is 1.85 bits per heavy atom. The van der Waals surface area contributed by atoms with E-state index in [1.165, 1.54) is 17.4 Å². The van der Waals surface area contributed by atoms with Gasteiger partial charge in [0.15, 0.2) is 9.34 Å². The summed E-state index contributed by atoms with van der Waals surface area (Å²) < 4.78 is 27.0. The number of piperidine rings is 1. The Bertz CT molecular complexity index is 919. The largest absolute Gasteiger partial charge is 0.349 e. The van der Waals surface area contributed by atoms with Crippen LogP contribution in [0.25, 0.3) is 0 Å². The van der Waals surface area contributed by atoms with Gasteiger partial charge in [-0.1, -0.05) is 29.5 Å². The molecule has 1 aromatic carbocycles. The van der Waals surface area contributed by atoms with Crippen molar-refractivity contribution in [3.05, 3.63) is 42.1 Å². The van der Waals surface area contributed by atoms with Gasteiger partial charge < -0.3 is 10.6 Å². The zero-order chi connectivity index (χ0) is 19.4. The van der Waals surface area contributed by atoms with Crippen molar-refractivity contribution < 1.29 is 18.0 Å². The van der Waals surface area contributed by atoms with Gasteiger partial charge in [0, 0.05) is 31.6 Å².